The Hall–Kier alpha value is -3.71. The second-order valence-corrected chi connectivity index (χ2v) is 7.54. The summed E-state index contributed by atoms with van der Waals surface area (Å²) in [6, 6.07) is 16.4. The SMILES string of the molecule is CCOc1ccc2nc3cc(N)ccc3c(N)c2c1.CN(C)Cc1cc(N)ccc1O. The molecule has 0 aliphatic carbocycles. The molecule has 0 aliphatic rings. The predicted molar refractivity (Wildman–Crippen MR) is 129 cm³/mol. The topological polar surface area (TPSA) is 124 Å². The highest BCUT2D eigenvalue weighted by Gasteiger charge is 2.08. The van der Waals surface area contributed by atoms with Gasteiger partial charge in [-0.15, -0.1) is 0 Å². The average Bonchev–Trinajstić information content (AvgIpc) is 2.71. The van der Waals surface area contributed by atoms with Crippen molar-refractivity contribution in [1.29, 1.82) is 0 Å². The molecule has 4 rings (SSSR count). The molecule has 0 fully saturated rings. The van der Waals surface area contributed by atoms with Crippen LogP contribution < -0.4 is 21.9 Å². The van der Waals surface area contributed by atoms with Crippen molar-refractivity contribution in [3.63, 3.8) is 0 Å². The van der Waals surface area contributed by atoms with Crippen molar-refractivity contribution in [1.82, 2.24) is 9.88 Å². The van der Waals surface area contributed by atoms with Crippen molar-refractivity contribution >= 4 is 38.9 Å². The summed E-state index contributed by atoms with van der Waals surface area (Å²) in [7, 11) is 3.89. The van der Waals surface area contributed by atoms with Gasteiger partial charge >= 0.3 is 0 Å². The number of nitrogen functional groups attached to an aromatic ring is 3. The molecule has 7 nitrogen and oxygen atoms in total. The van der Waals surface area contributed by atoms with Gasteiger partial charge in [-0.05, 0) is 75.6 Å². The summed E-state index contributed by atoms with van der Waals surface area (Å²) in [4.78, 5) is 6.57. The van der Waals surface area contributed by atoms with Crippen molar-refractivity contribution < 1.29 is 9.84 Å². The molecule has 4 aromatic rings. The fourth-order valence-electron chi connectivity index (χ4n) is 3.30. The molecule has 3 aromatic carbocycles. The van der Waals surface area contributed by atoms with Crippen LogP contribution in [-0.4, -0.2) is 35.7 Å². The normalized spacial score (nSPS) is 10.8. The van der Waals surface area contributed by atoms with Gasteiger partial charge in [0.15, 0.2) is 0 Å². The first-order valence-corrected chi connectivity index (χ1v) is 10.0. The fourth-order valence-corrected chi connectivity index (χ4v) is 3.30. The van der Waals surface area contributed by atoms with E-state index in [0.717, 1.165) is 33.1 Å². The molecular weight excluding hydrogens is 390 g/mol. The lowest BCUT2D eigenvalue weighted by atomic mass is 10.1. The molecular formula is C24H29N5O2. The van der Waals surface area contributed by atoms with Gasteiger partial charge in [-0.3, -0.25) is 0 Å². The molecule has 7 heteroatoms. The largest absolute Gasteiger partial charge is 0.508 e. The first-order chi connectivity index (χ1) is 14.8. The van der Waals surface area contributed by atoms with Gasteiger partial charge in [0.05, 0.1) is 23.3 Å². The van der Waals surface area contributed by atoms with Gasteiger partial charge < -0.3 is 31.9 Å². The molecule has 0 saturated heterocycles. The highest BCUT2D eigenvalue weighted by molar-refractivity contribution is 6.07. The maximum atomic E-state index is 9.40. The third-order valence-corrected chi connectivity index (χ3v) is 4.71. The number of hydrogen-bond acceptors (Lipinski definition) is 7. The summed E-state index contributed by atoms with van der Waals surface area (Å²) in [5.41, 5.74) is 22.2. The van der Waals surface area contributed by atoms with Crippen LogP contribution in [0.5, 0.6) is 11.5 Å². The molecule has 1 heterocycles. The standard InChI is InChI=1S/C15H15N3O.C9H14N2O/c1-2-19-10-4-6-13-12(8-10)15(17)11-5-3-9(16)7-14(11)18-13;1-11(2)6-7-5-8(10)3-4-9(7)12/h3-8H,2,16H2,1H3,(H2,17,18);3-5,12H,6,10H2,1-2H3. The maximum absolute atomic E-state index is 9.40. The van der Waals surface area contributed by atoms with Crippen LogP contribution in [0.4, 0.5) is 17.1 Å². The Morgan fingerprint density at radius 2 is 1.58 bits per heavy atom. The van der Waals surface area contributed by atoms with Crippen molar-refractivity contribution in [2.24, 2.45) is 0 Å². The number of fused-ring (bicyclic) bond motifs is 2. The minimum atomic E-state index is 0.304. The molecule has 0 atom stereocenters. The van der Waals surface area contributed by atoms with Crippen LogP contribution in [0.25, 0.3) is 21.8 Å². The summed E-state index contributed by atoms with van der Waals surface area (Å²) in [6.45, 7) is 3.29. The molecule has 0 spiro atoms. The molecule has 0 aliphatic heterocycles. The number of phenolic OH excluding ortho intramolecular Hbond substituents is 1. The molecule has 0 bridgehead atoms. The summed E-state index contributed by atoms with van der Waals surface area (Å²) < 4.78 is 5.50. The van der Waals surface area contributed by atoms with Gasteiger partial charge in [-0.1, -0.05) is 0 Å². The van der Waals surface area contributed by atoms with Crippen LogP contribution in [0, 0.1) is 0 Å². The van der Waals surface area contributed by atoms with E-state index in [-0.39, 0.29) is 0 Å². The lowest BCUT2D eigenvalue weighted by molar-refractivity contribution is 0.341. The Morgan fingerprint density at radius 3 is 2.29 bits per heavy atom. The number of rotatable bonds is 4. The number of aromatic nitrogens is 1. The van der Waals surface area contributed by atoms with E-state index in [9.17, 15) is 5.11 Å². The Labute approximate surface area is 182 Å². The van der Waals surface area contributed by atoms with Gasteiger partial charge in [-0.25, -0.2) is 4.98 Å². The third kappa shape index (κ3) is 5.26. The van der Waals surface area contributed by atoms with Crippen LogP contribution >= 0.6 is 0 Å². The van der Waals surface area contributed by atoms with E-state index in [0.29, 0.717) is 36.0 Å². The molecule has 0 amide bonds. The van der Waals surface area contributed by atoms with Crippen molar-refractivity contribution in [2.45, 2.75) is 13.5 Å². The third-order valence-electron chi connectivity index (χ3n) is 4.71. The quantitative estimate of drug-likeness (QED) is 0.224. The Bertz CT molecular complexity index is 1210. The van der Waals surface area contributed by atoms with E-state index in [1.807, 2.05) is 62.3 Å². The zero-order chi connectivity index (χ0) is 22.5. The molecule has 0 saturated carbocycles. The van der Waals surface area contributed by atoms with E-state index in [1.165, 1.54) is 0 Å². The van der Waals surface area contributed by atoms with Gasteiger partial charge in [0.2, 0.25) is 0 Å². The van der Waals surface area contributed by atoms with E-state index >= 15 is 0 Å². The second kappa shape index (κ2) is 9.40. The lowest BCUT2D eigenvalue weighted by Crippen LogP contribution is -2.10. The van der Waals surface area contributed by atoms with Gasteiger partial charge in [-0.2, -0.15) is 0 Å². The molecule has 0 unspecified atom stereocenters. The molecule has 162 valence electrons. The zero-order valence-corrected chi connectivity index (χ0v) is 18.1. The number of anilines is 3. The summed E-state index contributed by atoms with van der Waals surface area (Å²) in [6.07, 6.45) is 0. The number of nitrogens with zero attached hydrogens (tertiary/aromatic N) is 2. The van der Waals surface area contributed by atoms with Gasteiger partial charge in [0.25, 0.3) is 0 Å². The monoisotopic (exact) mass is 419 g/mol. The maximum Gasteiger partial charge on any atom is 0.120 e. The summed E-state index contributed by atoms with van der Waals surface area (Å²) in [5.74, 6) is 1.11. The number of ether oxygens (including phenoxy) is 1. The minimum Gasteiger partial charge on any atom is -0.508 e. The zero-order valence-electron chi connectivity index (χ0n) is 18.1. The molecule has 7 N–H and O–H groups in total. The van der Waals surface area contributed by atoms with Crippen LogP contribution in [-0.2, 0) is 6.54 Å². The predicted octanol–water partition coefficient (Wildman–Crippen LogP) is 3.99. The summed E-state index contributed by atoms with van der Waals surface area (Å²) in [5, 5.41) is 11.2. The van der Waals surface area contributed by atoms with E-state index in [4.69, 9.17) is 21.9 Å². The number of aromatic hydroxyl groups is 1. The smallest absolute Gasteiger partial charge is 0.120 e. The van der Waals surface area contributed by atoms with Crippen molar-refractivity contribution in [3.05, 3.63) is 60.2 Å². The van der Waals surface area contributed by atoms with Gasteiger partial charge in [0.1, 0.15) is 11.5 Å². The van der Waals surface area contributed by atoms with Crippen molar-refractivity contribution in [2.75, 3.05) is 37.9 Å². The highest BCUT2D eigenvalue weighted by atomic mass is 16.5. The number of benzene rings is 3. The molecule has 1 aromatic heterocycles. The summed E-state index contributed by atoms with van der Waals surface area (Å²) >= 11 is 0. The first-order valence-electron chi connectivity index (χ1n) is 10.0. The van der Waals surface area contributed by atoms with Crippen LogP contribution in [0.15, 0.2) is 54.6 Å². The highest BCUT2D eigenvalue weighted by Crippen LogP contribution is 2.31. The van der Waals surface area contributed by atoms with Crippen molar-refractivity contribution in [3.8, 4) is 11.5 Å². The second-order valence-electron chi connectivity index (χ2n) is 7.54. The van der Waals surface area contributed by atoms with E-state index < -0.39 is 0 Å². The number of nitrogens with two attached hydrogens (primary N) is 3. The molecule has 31 heavy (non-hydrogen) atoms. The number of phenols is 1. The molecule has 0 radical (unpaired) electrons. The Morgan fingerprint density at radius 1 is 0.871 bits per heavy atom. The van der Waals surface area contributed by atoms with Crippen LogP contribution in [0.2, 0.25) is 0 Å². The fraction of sp³-hybridized carbons (Fsp3) is 0.208. The van der Waals surface area contributed by atoms with E-state index in [1.54, 1.807) is 18.2 Å². The Balaban J connectivity index is 0.000000196. The average molecular weight is 420 g/mol. The number of pyridine rings is 1. The van der Waals surface area contributed by atoms with Crippen LogP contribution in [0.3, 0.4) is 0 Å². The van der Waals surface area contributed by atoms with Gasteiger partial charge in [0, 0.05) is 34.3 Å². The number of hydrogen-bond donors (Lipinski definition) is 4. The first kappa shape index (κ1) is 22.0. The van der Waals surface area contributed by atoms with Crippen LogP contribution in [0.1, 0.15) is 12.5 Å². The Kier molecular flexibility index (Phi) is 6.67. The lowest BCUT2D eigenvalue weighted by Gasteiger charge is -2.11. The van der Waals surface area contributed by atoms with E-state index in [2.05, 4.69) is 4.98 Å². The minimum absolute atomic E-state index is 0.304.